The van der Waals surface area contributed by atoms with Gasteiger partial charge in [-0.2, -0.15) is 0 Å². The molecule has 1 aromatic rings. The van der Waals surface area contributed by atoms with Crippen molar-refractivity contribution >= 4 is 12.0 Å². The number of imide groups is 1. The molecule has 0 N–H and O–H groups in total. The highest BCUT2D eigenvalue weighted by molar-refractivity contribution is 5.93. The van der Waals surface area contributed by atoms with Crippen molar-refractivity contribution in [2.24, 2.45) is 0 Å². The lowest BCUT2D eigenvalue weighted by Crippen LogP contribution is -2.37. The SMILES string of the molecule is CCCCCC(=O)N1C(=O)OC[C@H]1C.c1ccccc1. The molecule has 0 saturated carbocycles. The first-order chi connectivity index (χ1) is 9.66. The maximum Gasteiger partial charge on any atom is 0.416 e. The Hall–Kier alpha value is -1.84. The second-order valence-electron chi connectivity index (χ2n) is 4.80. The average molecular weight is 277 g/mol. The van der Waals surface area contributed by atoms with E-state index in [1.807, 2.05) is 43.3 Å². The fourth-order valence-electron chi connectivity index (χ4n) is 1.90. The lowest BCUT2D eigenvalue weighted by molar-refractivity contribution is -0.129. The first-order valence-corrected chi connectivity index (χ1v) is 7.15. The summed E-state index contributed by atoms with van der Waals surface area (Å²) in [5.74, 6) is -0.103. The van der Waals surface area contributed by atoms with E-state index in [1.54, 1.807) is 0 Å². The molecule has 0 aliphatic carbocycles. The molecule has 1 atom stereocenters. The monoisotopic (exact) mass is 277 g/mol. The number of rotatable bonds is 4. The van der Waals surface area contributed by atoms with Crippen LogP contribution in [0.2, 0.25) is 0 Å². The normalized spacial score (nSPS) is 17.2. The van der Waals surface area contributed by atoms with E-state index in [0.29, 0.717) is 13.0 Å². The summed E-state index contributed by atoms with van der Waals surface area (Å²) in [6, 6.07) is 11.9. The summed E-state index contributed by atoms with van der Waals surface area (Å²) in [5.41, 5.74) is 0. The van der Waals surface area contributed by atoms with Gasteiger partial charge in [0.1, 0.15) is 6.61 Å². The number of ether oxygens (including phenoxy) is 1. The highest BCUT2D eigenvalue weighted by Crippen LogP contribution is 2.14. The highest BCUT2D eigenvalue weighted by Gasteiger charge is 2.34. The van der Waals surface area contributed by atoms with Crippen molar-refractivity contribution in [2.45, 2.75) is 45.6 Å². The highest BCUT2D eigenvalue weighted by atomic mass is 16.6. The van der Waals surface area contributed by atoms with Crippen molar-refractivity contribution < 1.29 is 14.3 Å². The summed E-state index contributed by atoms with van der Waals surface area (Å²) in [7, 11) is 0. The number of hydrogen-bond donors (Lipinski definition) is 0. The number of benzene rings is 1. The number of amides is 2. The van der Waals surface area contributed by atoms with Gasteiger partial charge in [-0.25, -0.2) is 9.69 Å². The zero-order valence-electron chi connectivity index (χ0n) is 12.2. The van der Waals surface area contributed by atoms with E-state index < -0.39 is 6.09 Å². The molecule has 2 amide bonds. The standard InChI is InChI=1S/C10H17NO3.C6H6/c1-3-4-5-6-9(12)11-8(2)7-14-10(11)13;1-2-4-6-5-3-1/h8H,3-7H2,1-2H3;1-6H/t8-;/m1./s1. The molecule has 0 spiro atoms. The van der Waals surface area contributed by atoms with Gasteiger partial charge in [-0.05, 0) is 13.3 Å². The fourth-order valence-corrected chi connectivity index (χ4v) is 1.90. The molecule has 0 unspecified atom stereocenters. The van der Waals surface area contributed by atoms with E-state index in [-0.39, 0.29) is 11.9 Å². The predicted molar refractivity (Wildman–Crippen MR) is 78.2 cm³/mol. The van der Waals surface area contributed by atoms with E-state index in [0.717, 1.165) is 19.3 Å². The van der Waals surface area contributed by atoms with Crippen molar-refractivity contribution in [1.29, 1.82) is 0 Å². The minimum absolute atomic E-state index is 0.100. The van der Waals surface area contributed by atoms with Crippen LogP contribution in [-0.4, -0.2) is 29.5 Å². The van der Waals surface area contributed by atoms with Crippen LogP contribution >= 0.6 is 0 Å². The first kappa shape index (κ1) is 16.2. The number of carbonyl (C=O) groups excluding carboxylic acids is 2. The smallest absolute Gasteiger partial charge is 0.416 e. The molecule has 110 valence electrons. The van der Waals surface area contributed by atoms with Gasteiger partial charge in [0.05, 0.1) is 6.04 Å². The summed E-state index contributed by atoms with van der Waals surface area (Å²) in [6.07, 6.45) is 2.93. The third-order valence-electron chi connectivity index (χ3n) is 3.02. The summed E-state index contributed by atoms with van der Waals surface area (Å²) < 4.78 is 4.77. The second kappa shape index (κ2) is 9.13. The van der Waals surface area contributed by atoms with Crippen LogP contribution in [0.1, 0.15) is 39.5 Å². The number of cyclic esters (lactones) is 1. The molecule has 1 aliphatic heterocycles. The maximum atomic E-state index is 11.6. The van der Waals surface area contributed by atoms with E-state index in [4.69, 9.17) is 4.74 Å². The van der Waals surface area contributed by atoms with E-state index in [2.05, 4.69) is 6.92 Å². The second-order valence-corrected chi connectivity index (χ2v) is 4.80. The third-order valence-corrected chi connectivity index (χ3v) is 3.02. The van der Waals surface area contributed by atoms with Gasteiger partial charge in [0.15, 0.2) is 0 Å². The Morgan fingerprint density at radius 1 is 1.20 bits per heavy atom. The van der Waals surface area contributed by atoms with Crippen LogP contribution in [0.15, 0.2) is 36.4 Å². The summed E-state index contributed by atoms with van der Waals surface area (Å²) in [5, 5.41) is 0. The van der Waals surface area contributed by atoms with Gasteiger partial charge in [-0.1, -0.05) is 56.2 Å². The van der Waals surface area contributed by atoms with Crippen LogP contribution < -0.4 is 0 Å². The van der Waals surface area contributed by atoms with Gasteiger partial charge >= 0.3 is 6.09 Å². The van der Waals surface area contributed by atoms with Gasteiger partial charge in [-0.3, -0.25) is 4.79 Å². The zero-order valence-corrected chi connectivity index (χ0v) is 12.2. The molecule has 1 heterocycles. The Kier molecular flexibility index (Phi) is 7.40. The van der Waals surface area contributed by atoms with E-state index in [1.165, 1.54) is 4.90 Å². The van der Waals surface area contributed by atoms with Crippen LogP contribution in [0.5, 0.6) is 0 Å². The van der Waals surface area contributed by atoms with Crippen LogP contribution in [0.25, 0.3) is 0 Å². The van der Waals surface area contributed by atoms with Crippen molar-refractivity contribution in [1.82, 2.24) is 4.90 Å². The summed E-state index contributed by atoms with van der Waals surface area (Å²) in [4.78, 5) is 23.9. The van der Waals surface area contributed by atoms with Gasteiger partial charge in [0, 0.05) is 6.42 Å². The average Bonchev–Trinajstić information content (AvgIpc) is 2.81. The lowest BCUT2D eigenvalue weighted by atomic mass is 10.2. The molecule has 1 aliphatic rings. The quantitative estimate of drug-likeness (QED) is 0.790. The number of hydrogen-bond acceptors (Lipinski definition) is 3. The zero-order chi connectivity index (χ0) is 14.8. The molecule has 0 radical (unpaired) electrons. The van der Waals surface area contributed by atoms with Crippen molar-refractivity contribution in [2.75, 3.05) is 6.61 Å². The fraction of sp³-hybridized carbons (Fsp3) is 0.500. The molecule has 4 nitrogen and oxygen atoms in total. The number of nitrogens with zero attached hydrogens (tertiary/aromatic N) is 1. The Morgan fingerprint density at radius 3 is 2.15 bits per heavy atom. The minimum Gasteiger partial charge on any atom is -0.447 e. The molecule has 1 aromatic carbocycles. The molecular weight excluding hydrogens is 254 g/mol. The van der Waals surface area contributed by atoms with Gasteiger partial charge in [0.25, 0.3) is 0 Å². The van der Waals surface area contributed by atoms with E-state index >= 15 is 0 Å². The molecule has 2 rings (SSSR count). The minimum atomic E-state index is -0.487. The van der Waals surface area contributed by atoms with Crippen LogP contribution in [-0.2, 0) is 9.53 Å². The van der Waals surface area contributed by atoms with Crippen molar-refractivity contribution in [3.63, 3.8) is 0 Å². The largest absolute Gasteiger partial charge is 0.447 e. The van der Waals surface area contributed by atoms with Gasteiger partial charge < -0.3 is 4.74 Å². The summed E-state index contributed by atoms with van der Waals surface area (Å²) >= 11 is 0. The topological polar surface area (TPSA) is 46.6 Å². The Bertz CT molecular complexity index is 379. The van der Waals surface area contributed by atoms with Crippen LogP contribution in [0.4, 0.5) is 4.79 Å². The van der Waals surface area contributed by atoms with Gasteiger partial charge in [0.2, 0.25) is 5.91 Å². The van der Waals surface area contributed by atoms with Gasteiger partial charge in [-0.15, -0.1) is 0 Å². The molecule has 0 aromatic heterocycles. The Balaban J connectivity index is 0.000000276. The van der Waals surface area contributed by atoms with Crippen molar-refractivity contribution in [3.05, 3.63) is 36.4 Å². The Labute approximate surface area is 120 Å². The summed E-state index contributed by atoms with van der Waals surface area (Å²) in [6.45, 7) is 4.23. The molecule has 4 heteroatoms. The molecule has 0 bridgehead atoms. The molecule has 20 heavy (non-hydrogen) atoms. The van der Waals surface area contributed by atoms with E-state index in [9.17, 15) is 9.59 Å². The first-order valence-electron chi connectivity index (χ1n) is 7.15. The number of carbonyl (C=O) groups is 2. The van der Waals surface area contributed by atoms with Crippen LogP contribution in [0, 0.1) is 0 Å². The third kappa shape index (κ3) is 5.43. The maximum absolute atomic E-state index is 11.6. The number of unbranched alkanes of at least 4 members (excludes halogenated alkanes) is 2. The Morgan fingerprint density at radius 2 is 1.75 bits per heavy atom. The molecule has 1 fully saturated rings. The molecular formula is C16H23NO3. The lowest BCUT2D eigenvalue weighted by Gasteiger charge is -2.15. The van der Waals surface area contributed by atoms with Crippen LogP contribution in [0.3, 0.4) is 0 Å². The van der Waals surface area contributed by atoms with Crippen molar-refractivity contribution in [3.8, 4) is 0 Å². The molecule has 1 saturated heterocycles. The predicted octanol–water partition coefficient (Wildman–Crippen LogP) is 3.62.